The average molecular weight is 392 g/mol. The zero-order valence-electron chi connectivity index (χ0n) is 14.8. The van der Waals surface area contributed by atoms with Crippen LogP contribution in [0.25, 0.3) is 0 Å². The fraction of sp³-hybridized carbons (Fsp3) is 0.471. The van der Waals surface area contributed by atoms with E-state index in [2.05, 4.69) is 20.3 Å². The first kappa shape index (κ1) is 19.2. The summed E-state index contributed by atoms with van der Waals surface area (Å²) in [5, 5.41) is 15.0. The van der Waals surface area contributed by atoms with Gasteiger partial charge in [0.2, 0.25) is 11.8 Å². The minimum absolute atomic E-state index is 0.138. The molecular formula is C17H22ClN7O2. The molecule has 1 saturated carbocycles. The van der Waals surface area contributed by atoms with Crippen LogP contribution in [0.2, 0.25) is 5.02 Å². The van der Waals surface area contributed by atoms with E-state index in [9.17, 15) is 10.1 Å². The third kappa shape index (κ3) is 4.81. The SMILES string of the molecule is Nc1nc(NCc2ccncc2Cl)nc(C[C@H]2CC[C@H](N)CC2)c1[N+](=O)[O-]. The standard InChI is InChI=1S/C17H22ClN7O2/c18-13-9-21-6-5-11(13)8-22-17-23-14(15(25(26)27)16(20)24-17)7-10-1-3-12(19)4-2-10/h5-6,9-10,12H,1-4,7-8,19H2,(H3,20,22,23,24)/t10-,12-. The molecule has 0 unspecified atom stereocenters. The van der Waals surface area contributed by atoms with Crippen LogP contribution in [0.3, 0.4) is 0 Å². The maximum atomic E-state index is 11.5. The summed E-state index contributed by atoms with van der Waals surface area (Å²) in [5.41, 5.74) is 12.8. The van der Waals surface area contributed by atoms with Crippen molar-refractivity contribution in [3.63, 3.8) is 0 Å². The Morgan fingerprint density at radius 3 is 2.70 bits per heavy atom. The zero-order chi connectivity index (χ0) is 19.4. The van der Waals surface area contributed by atoms with Gasteiger partial charge in [0, 0.05) is 25.0 Å². The molecule has 0 amide bonds. The predicted octanol–water partition coefficient (Wildman–Crippen LogP) is 2.69. The number of nitro groups is 1. The van der Waals surface area contributed by atoms with Gasteiger partial charge in [0.1, 0.15) is 5.69 Å². The van der Waals surface area contributed by atoms with Crippen LogP contribution in [-0.2, 0) is 13.0 Å². The number of pyridine rings is 1. The van der Waals surface area contributed by atoms with Crippen molar-refractivity contribution in [3.05, 3.63) is 44.9 Å². The lowest BCUT2D eigenvalue weighted by Gasteiger charge is -2.25. The van der Waals surface area contributed by atoms with Crippen LogP contribution >= 0.6 is 11.6 Å². The second-order valence-electron chi connectivity index (χ2n) is 6.79. The van der Waals surface area contributed by atoms with Gasteiger partial charge < -0.3 is 16.8 Å². The van der Waals surface area contributed by atoms with Crippen molar-refractivity contribution in [2.75, 3.05) is 11.1 Å². The maximum absolute atomic E-state index is 11.5. The summed E-state index contributed by atoms with van der Waals surface area (Å²) in [4.78, 5) is 23.3. The number of nitrogens with two attached hydrogens (primary N) is 2. The van der Waals surface area contributed by atoms with Gasteiger partial charge in [0.15, 0.2) is 0 Å². The molecule has 1 aliphatic rings. The molecule has 0 bridgehead atoms. The van der Waals surface area contributed by atoms with E-state index < -0.39 is 4.92 Å². The van der Waals surface area contributed by atoms with Gasteiger partial charge in [-0.15, -0.1) is 0 Å². The topological polar surface area (TPSA) is 146 Å². The molecule has 2 heterocycles. The lowest BCUT2D eigenvalue weighted by molar-refractivity contribution is -0.385. The van der Waals surface area contributed by atoms with Crippen molar-refractivity contribution in [2.24, 2.45) is 11.7 Å². The van der Waals surface area contributed by atoms with Crippen molar-refractivity contribution >= 4 is 29.1 Å². The molecule has 144 valence electrons. The van der Waals surface area contributed by atoms with Gasteiger partial charge in [-0.3, -0.25) is 15.1 Å². The Kier molecular flexibility index (Phi) is 6.02. The molecule has 9 nitrogen and oxygen atoms in total. The summed E-state index contributed by atoms with van der Waals surface area (Å²) in [6.07, 6.45) is 7.36. The van der Waals surface area contributed by atoms with Crippen molar-refractivity contribution in [2.45, 2.75) is 44.7 Å². The van der Waals surface area contributed by atoms with Crippen LogP contribution in [0, 0.1) is 16.0 Å². The number of aromatic nitrogens is 3. The lowest BCUT2D eigenvalue weighted by atomic mass is 9.83. The molecular weight excluding hydrogens is 370 g/mol. The molecule has 2 aromatic heterocycles. The second kappa shape index (κ2) is 8.45. The molecule has 0 saturated heterocycles. The van der Waals surface area contributed by atoms with E-state index in [1.54, 1.807) is 18.5 Å². The van der Waals surface area contributed by atoms with E-state index in [1.165, 1.54) is 0 Å². The Morgan fingerprint density at radius 1 is 1.30 bits per heavy atom. The smallest absolute Gasteiger partial charge is 0.332 e. The highest BCUT2D eigenvalue weighted by atomic mass is 35.5. The summed E-state index contributed by atoms with van der Waals surface area (Å²) < 4.78 is 0. The zero-order valence-corrected chi connectivity index (χ0v) is 15.5. The van der Waals surface area contributed by atoms with Gasteiger partial charge in [0.25, 0.3) is 0 Å². The lowest BCUT2D eigenvalue weighted by Crippen LogP contribution is -2.27. The Morgan fingerprint density at radius 2 is 2.04 bits per heavy atom. The van der Waals surface area contributed by atoms with E-state index in [0.717, 1.165) is 31.2 Å². The molecule has 10 heteroatoms. The van der Waals surface area contributed by atoms with E-state index in [1.807, 2.05) is 0 Å². The van der Waals surface area contributed by atoms with Crippen molar-refractivity contribution in [3.8, 4) is 0 Å². The minimum Gasteiger partial charge on any atom is -0.378 e. The molecule has 2 aromatic rings. The van der Waals surface area contributed by atoms with Crippen molar-refractivity contribution in [1.29, 1.82) is 0 Å². The van der Waals surface area contributed by atoms with Crippen LogP contribution in [0.5, 0.6) is 0 Å². The maximum Gasteiger partial charge on any atom is 0.332 e. The third-order valence-corrected chi connectivity index (χ3v) is 5.17. The molecule has 0 spiro atoms. The first-order valence-corrected chi connectivity index (χ1v) is 9.20. The monoisotopic (exact) mass is 391 g/mol. The Labute approximate surface area is 161 Å². The first-order valence-electron chi connectivity index (χ1n) is 8.82. The van der Waals surface area contributed by atoms with E-state index in [4.69, 9.17) is 23.1 Å². The summed E-state index contributed by atoms with van der Waals surface area (Å²) in [6, 6.07) is 1.99. The molecule has 27 heavy (non-hydrogen) atoms. The Bertz CT molecular complexity index is 825. The van der Waals surface area contributed by atoms with E-state index in [-0.39, 0.29) is 23.5 Å². The van der Waals surface area contributed by atoms with Crippen LogP contribution in [0.15, 0.2) is 18.5 Å². The molecule has 0 atom stereocenters. The van der Waals surface area contributed by atoms with Gasteiger partial charge >= 0.3 is 5.69 Å². The number of halogens is 1. The fourth-order valence-electron chi connectivity index (χ4n) is 3.33. The number of anilines is 2. The molecule has 0 radical (unpaired) electrons. The van der Waals surface area contributed by atoms with Gasteiger partial charge in [-0.25, -0.2) is 4.98 Å². The number of nitrogens with one attached hydrogen (secondary N) is 1. The highest BCUT2D eigenvalue weighted by Gasteiger charge is 2.27. The minimum atomic E-state index is -0.511. The number of nitrogens with zero attached hydrogens (tertiary/aromatic N) is 4. The van der Waals surface area contributed by atoms with Crippen LogP contribution in [-0.4, -0.2) is 25.9 Å². The van der Waals surface area contributed by atoms with Crippen molar-refractivity contribution < 1.29 is 4.92 Å². The number of rotatable bonds is 6. The van der Waals surface area contributed by atoms with Gasteiger partial charge in [-0.1, -0.05) is 11.6 Å². The van der Waals surface area contributed by atoms with E-state index in [0.29, 0.717) is 29.6 Å². The summed E-state index contributed by atoms with van der Waals surface area (Å²) in [6.45, 7) is 0.357. The molecule has 1 aliphatic carbocycles. The predicted molar refractivity (Wildman–Crippen MR) is 103 cm³/mol. The molecule has 5 N–H and O–H groups in total. The van der Waals surface area contributed by atoms with Crippen LogP contribution < -0.4 is 16.8 Å². The van der Waals surface area contributed by atoms with E-state index >= 15 is 0 Å². The average Bonchev–Trinajstić information content (AvgIpc) is 2.62. The second-order valence-corrected chi connectivity index (χ2v) is 7.20. The Hall–Kier alpha value is -2.52. The van der Waals surface area contributed by atoms with Crippen LogP contribution in [0.1, 0.15) is 36.9 Å². The summed E-state index contributed by atoms with van der Waals surface area (Å²) in [7, 11) is 0. The number of nitrogen functional groups attached to an aromatic ring is 1. The highest BCUT2D eigenvalue weighted by molar-refractivity contribution is 6.31. The van der Waals surface area contributed by atoms with Gasteiger partial charge in [-0.05, 0) is 49.7 Å². The quantitative estimate of drug-likeness (QED) is 0.503. The largest absolute Gasteiger partial charge is 0.378 e. The van der Waals surface area contributed by atoms with Gasteiger partial charge in [0.05, 0.1) is 9.95 Å². The summed E-state index contributed by atoms with van der Waals surface area (Å²) >= 11 is 6.09. The van der Waals surface area contributed by atoms with Crippen molar-refractivity contribution in [1.82, 2.24) is 15.0 Å². The number of hydrogen-bond acceptors (Lipinski definition) is 8. The normalized spacial score (nSPS) is 19.6. The highest BCUT2D eigenvalue weighted by Crippen LogP contribution is 2.32. The molecule has 0 aromatic carbocycles. The van der Waals surface area contributed by atoms with Gasteiger partial charge in [-0.2, -0.15) is 4.98 Å². The third-order valence-electron chi connectivity index (χ3n) is 4.83. The molecule has 1 fully saturated rings. The summed E-state index contributed by atoms with van der Waals surface area (Å²) in [5.74, 6) is 0.412. The Balaban J connectivity index is 1.80. The molecule has 0 aliphatic heterocycles. The number of hydrogen-bond donors (Lipinski definition) is 3. The first-order chi connectivity index (χ1) is 12.9. The van der Waals surface area contributed by atoms with Crippen LogP contribution in [0.4, 0.5) is 17.5 Å². The fourth-order valence-corrected chi connectivity index (χ4v) is 3.51. The molecule has 3 rings (SSSR count).